The van der Waals surface area contributed by atoms with Crippen LogP contribution in [-0.2, 0) is 10.8 Å². The number of fused-ring (bicyclic) bond motifs is 13. The summed E-state index contributed by atoms with van der Waals surface area (Å²) < 4.78 is 2.10. The average molecular weight is 617 g/mol. The van der Waals surface area contributed by atoms with Gasteiger partial charge in [0.2, 0.25) is 0 Å². The summed E-state index contributed by atoms with van der Waals surface area (Å²) in [5.74, 6) is 0.713. The van der Waals surface area contributed by atoms with Gasteiger partial charge in [-0.25, -0.2) is 0 Å². The molecule has 46 heavy (non-hydrogen) atoms. The predicted molar refractivity (Wildman–Crippen MR) is 178 cm³/mol. The highest BCUT2D eigenvalue weighted by atomic mass is 16.3. The SMILES string of the molecule is C/C=C1/C[N+]2(C)CCC34c5ccccc5N5C6C(C(C1CC32)C54O)N1c2ccccc2C23CC[N+]4(C)C/C(=C/C)C(CC24)C6C13O. The molecule has 4 bridgehead atoms. The number of piperidine rings is 2. The van der Waals surface area contributed by atoms with E-state index in [0.717, 1.165) is 60.8 Å². The van der Waals surface area contributed by atoms with Crippen molar-refractivity contribution in [2.45, 2.75) is 86.0 Å². The minimum Gasteiger partial charge on any atom is -0.369 e. The van der Waals surface area contributed by atoms with Gasteiger partial charge in [0, 0.05) is 60.7 Å². The molecule has 2 aliphatic carbocycles. The van der Waals surface area contributed by atoms with Gasteiger partial charge in [0.15, 0.2) is 11.4 Å². The van der Waals surface area contributed by atoms with E-state index in [1.165, 1.54) is 22.5 Å². The summed E-state index contributed by atoms with van der Waals surface area (Å²) in [5.41, 5.74) is 5.92. The van der Waals surface area contributed by atoms with Crippen LogP contribution in [0.25, 0.3) is 0 Å². The number of aliphatic hydroxyl groups is 2. The third-order valence-electron chi connectivity index (χ3n) is 17.2. The van der Waals surface area contributed by atoms with E-state index in [4.69, 9.17) is 0 Å². The molecule has 14 unspecified atom stereocenters. The van der Waals surface area contributed by atoms with Crippen molar-refractivity contribution in [3.8, 4) is 0 Å². The lowest BCUT2D eigenvalue weighted by atomic mass is 9.52. The van der Waals surface area contributed by atoms with E-state index in [1.54, 1.807) is 11.1 Å². The summed E-state index contributed by atoms with van der Waals surface area (Å²) in [4.78, 5) is 5.24. The maximum absolute atomic E-state index is 14.2. The molecule has 6 heteroatoms. The molecular weight excluding hydrogens is 568 g/mol. The van der Waals surface area contributed by atoms with Crippen molar-refractivity contribution in [3.05, 3.63) is 83.0 Å². The molecular formula is C40H48N4O2+2. The molecule has 2 aromatic carbocycles. The number of quaternary nitrogens is 2. The van der Waals surface area contributed by atoms with Gasteiger partial charge in [-0.15, -0.1) is 0 Å². The second-order valence-corrected chi connectivity index (χ2v) is 17.9. The Labute approximate surface area is 272 Å². The summed E-state index contributed by atoms with van der Waals surface area (Å²) >= 11 is 0. The van der Waals surface area contributed by atoms with E-state index in [2.05, 4.69) is 98.4 Å². The molecule has 14 atom stereocenters. The molecule has 2 aromatic rings. The van der Waals surface area contributed by atoms with E-state index in [1.807, 2.05) is 0 Å². The second-order valence-electron chi connectivity index (χ2n) is 17.9. The van der Waals surface area contributed by atoms with Gasteiger partial charge in [-0.2, -0.15) is 0 Å². The van der Waals surface area contributed by atoms with Crippen molar-refractivity contribution in [1.82, 2.24) is 0 Å². The minimum absolute atomic E-state index is 0.0354. The van der Waals surface area contributed by atoms with Crippen LogP contribution < -0.4 is 9.80 Å². The van der Waals surface area contributed by atoms with Gasteiger partial charge in [-0.05, 0) is 48.3 Å². The lowest BCUT2D eigenvalue weighted by Crippen LogP contribution is -2.77. The van der Waals surface area contributed by atoms with E-state index in [-0.39, 0.29) is 34.7 Å². The molecule has 0 radical (unpaired) electrons. The van der Waals surface area contributed by atoms with Crippen LogP contribution in [0.2, 0.25) is 0 Å². The zero-order valence-electron chi connectivity index (χ0n) is 27.7. The Hall–Kier alpha value is -2.64. The zero-order chi connectivity index (χ0) is 31.0. The lowest BCUT2D eigenvalue weighted by Gasteiger charge is -2.62. The molecule has 0 amide bonds. The van der Waals surface area contributed by atoms with E-state index >= 15 is 0 Å². The van der Waals surface area contributed by atoms with Crippen LogP contribution in [-0.4, -0.2) is 95.1 Å². The quantitative estimate of drug-likeness (QED) is 0.343. The normalized spacial score (nSPS) is 56.7. The molecule has 10 aliphatic rings. The van der Waals surface area contributed by atoms with Crippen molar-refractivity contribution in [3.63, 3.8) is 0 Å². The molecule has 6 saturated heterocycles. The largest absolute Gasteiger partial charge is 0.369 e. The van der Waals surface area contributed by atoms with Gasteiger partial charge < -0.3 is 29.0 Å². The fraction of sp³-hybridized carbons (Fsp3) is 0.600. The van der Waals surface area contributed by atoms with Crippen molar-refractivity contribution in [2.75, 3.05) is 50.1 Å². The zero-order valence-corrected chi connectivity index (χ0v) is 27.7. The van der Waals surface area contributed by atoms with Gasteiger partial charge >= 0.3 is 0 Å². The van der Waals surface area contributed by atoms with Crippen LogP contribution in [0.1, 0.15) is 50.7 Å². The minimum atomic E-state index is -0.974. The number of nitrogens with zero attached hydrogens (tertiary/aromatic N) is 4. The molecule has 8 fully saturated rings. The molecule has 12 rings (SSSR count). The summed E-state index contributed by atoms with van der Waals surface area (Å²) in [6.07, 6.45) is 9.18. The number of anilines is 2. The third-order valence-corrected chi connectivity index (χ3v) is 17.2. The number of benzene rings is 2. The lowest BCUT2D eigenvalue weighted by molar-refractivity contribution is -0.925. The molecule has 2 spiro atoms. The summed E-state index contributed by atoms with van der Waals surface area (Å²) in [7, 11) is 4.97. The maximum atomic E-state index is 14.2. The Morgan fingerprint density at radius 3 is 1.50 bits per heavy atom. The van der Waals surface area contributed by atoms with Crippen molar-refractivity contribution < 1.29 is 19.2 Å². The summed E-state index contributed by atoms with van der Waals surface area (Å²) in [6, 6.07) is 19.3. The van der Waals surface area contributed by atoms with Crippen molar-refractivity contribution >= 4 is 11.4 Å². The molecule has 8 aliphatic heterocycles. The van der Waals surface area contributed by atoms with Gasteiger partial charge in [-0.1, -0.05) is 48.6 Å². The van der Waals surface area contributed by atoms with Crippen LogP contribution in [0.3, 0.4) is 0 Å². The Balaban J connectivity index is 1.20. The second kappa shape index (κ2) is 7.34. The molecule has 6 nitrogen and oxygen atoms in total. The standard InChI is InChI=1S/C40H48N4O2/c1-5-23-21-43(3)17-15-37-27-11-7-10-14-30(27)42-36-34-26-20-32-38(16-18-44(32,4)22-24(26)6-2)28-12-8-9-13-29(28)41(40(34,38)46)35(36)33(39(37,42)45)25(23)19-31(37)43/h5-14,25-26,31-36,45-46H,15-22H2,1-4H3/q+2/b23-5-,24-6-. The van der Waals surface area contributed by atoms with Gasteiger partial charge in [-0.3, -0.25) is 0 Å². The fourth-order valence-electron chi connectivity index (χ4n) is 16.1. The van der Waals surface area contributed by atoms with E-state index in [9.17, 15) is 10.2 Å². The van der Waals surface area contributed by atoms with Crippen LogP contribution in [0.4, 0.5) is 11.4 Å². The molecule has 238 valence electrons. The van der Waals surface area contributed by atoms with Crippen molar-refractivity contribution in [1.29, 1.82) is 0 Å². The summed E-state index contributed by atoms with van der Waals surface area (Å²) in [6.45, 7) is 8.92. The Morgan fingerprint density at radius 2 is 1.09 bits per heavy atom. The van der Waals surface area contributed by atoms with Crippen molar-refractivity contribution in [2.24, 2.45) is 23.7 Å². The Kier molecular flexibility index (Phi) is 4.20. The smallest absolute Gasteiger partial charge is 0.159 e. The number of likely N-dealkylation sites (N-methyl/N-ethyl adjacent to an activating group) is 2. The molecule has 0 aromatic heterocycles. The number of allylic oxidation sites excluding steroid dienone is 2. The first-order valence-corrected chi connectivity index (χ1v) is 18.4. The highest BCUT2D eigenvalue weighted by Gasteiger charge is 2.91. The Bertz CT molecular complexity index is 1740. The average Bonchev–Trinajstić information content (AvgIpc) is 3.81. The van der Waals surface area contributed by atoms with Gasteiger partial charge in [0.05, 0.1) is 39.3 Å². The topological polar surface area (TPSA) is 46.9 Å². The third kappa shape index (κ3) is 2.14. The number of hydrogen-bond donors (Lipinski definition) is 2. The molecule has 2 saturated carbocycles. The first-order chi connectivity index (χ1) is 22.2. The predicted octanol–water partition coefficient (Wildman–Crippen LogP) is 4.27. The molecule has 2 N–H and O–H groups in total. The van der Waals surface area contributed by atoms with Gasteiger partial charge in [0.25, 0.3) is 0 Å². The first kappa shape index (κ1) is 26.3. The number of hydrogen-bond acceptors (Lipinski definition) is 4. The summed E-state index contributed by atoms with van der Waals surface area (Å²) in [5, 5.41) is 28.4. The van der Waals surface area contributed by atoms with Crippen LogP contribution >= 0.6 is 0 Å². The van der Waals surface area contributed by atoms with Crippen LogP contribution in [0, 0.1) is 23.7 Å². The highest BCUT2D eigenvalue weighted by molar-refractivity contribution is 5.78. The van der Waals surface area contributed by atoms with Crippen LogP contribution in [0.5, 0.6) is 0 Å². The van der Waals surface area contributed by atoms with E-state index < -0.39 is 11.4 Å². The number of para-hydroxylation sites is 2. The first-order valence-electron chi connectivity index (χ1n) is 18.4. The monoisotopic (exact) mass is 616 g/mol. The van der Waals surface area contributed by atoms with Gasteiger partial charge in [0.1, 0.15) is 36.0 Å². The fourth-order valence-corrected chi connectivity index (χ4v) is 16.1. The highest BCUT2D eigenvalue weighted by Crippen LogP contribution is 2.80. The number of rotatable bonds is 0. The van der Waals surface area contributed by atoms with Crippen LogP contribution in [0.15, 0.2) is 71.8 Å². The molecule has 8 heterocycles. The maximum Gasteiger partial charge on any atom is 0.159 e. The Morgan fingerprint density at radius 1 is 0.674 bits per heavy atom. The van der Waals surface area contributed by atoms with E-state index in [0.29, 0.717) is 23.9 Å².